The van der Waals surface area contributed by atoms with Crippen molar-refractivity contribution in [2.24, 2.45) is 0 Å². The summed E-state index contributed by atoms with van der Waals surface area (Å²) in [5.41, 5.74) is 0.172. The standard InChI is InChI=1S/C16H15ClN2O5/c1-8-3-5-11(14(21)13(8)20)16(23)24-9(2)15(22)19-12-6-4-10(17)7-18-12/h3-7,9,20-21H,1-2H3,(H,18,19,22). The van der Waals surface area contributed by atoms with Crippen LogP contribution in [0.2, 0.25) is 5.02 Å². The number of amides is 1. The van der Waals surface area contributed by atoms with Crippen LogP contribution in [0.1, 0.15) is 22.8 Å². The molecule has 0 spiro atoms. The maximum absolute atomic E-state index is 12.0. The highest BCUT2D eigenvalue weighted by atomic mass is 35.5. The van der Waals surface area contributed by atoms with Crippen LogP contribution in [-0.4, -0.2) is 33.2 Å². The molecular formula is C16H15ClN2O5. The van der Waals surface area contributed by atoms with Crippen LogP contribution in [-0.2, 0) is 9.53 Å². The highest BCUT2D eigenvalue weighted by Crippen LogP contribution is 2.32. The quantitative estimate of drug-likeness (QED) is 0.577. The first-order chi connectivity index (χ1) is 11.3. The molecule has 0 aliphatic heterocycles. The molecule has 0 saturated carbocycles. The number of pyridine rings is 1. The number of hydrogen-bond donors (Lipinski definition) is 3. The molecule has 0 saturated heterocycles. The summed E-state index contributed by atoms with van der Waals surface area (Å²) in [4.78, 5) is 27.9. The molecule has 24 heavy (non-hydrogen) atoms. The van der Waals surface area contributed by atoms with Crippen molar-refractivity contribution in [2.45, 2.75) is 20.0 Å². The molecule has 2 rings (SSSR count). The zero-order chi connectivity index (χ0) is 17.9. The lowest BCUT2D eigenvalue weighted by Gasteiger charge is -2.14. The van der Waals surface area contributed by atoms with Crippen LogP contribution >= 0.6 is 11.6 Å². The largest absolute Gasteiger partial charge is 0.504 e. The molecule has 1 unspecified atom stereocenters. The smallest absolute Gasteiger partial charge is 0.342 e. The van der Waals surface area contributed by atoms with Crippen LogP contribution in [0.15, 0.2) is 30.5 Å². The molecule has 8 heteroatoms. The number of aromatic nitrogens is 1. The molecule has 1 amide bonds. The molecule has 126 valence electrons. The fourth-order valence-corrected chi connectivity index (χ4v) is 1.91. The highest BCUT2D eigenvalue weighted by molar-refractivity contribution is 6.30. The Morgan fingerprint density at radius 2 is 1.92 bits per heavy atom. The van der Waals surface area contributed by atoms with Crippen molar-refractivity contribution in [3.63, 3.8) is 0 Å². The average molecular weight is 351 g/mol. The average Bonchev–Trinajstić information content (AvgIpc) is 2.54. The lowest BCUT2D eigenvalue weighted by molar-refractivity contribution is -0.123. The highest BCUT2D eigenvalue weighted by Gasteiger charge is 2.23. The minimum atomic E-state index is -1.14. The van der Waals surface area contributed by atoms with Gasteiger partial charge in [0.25, 0.3) is 5.91 Å². The Hall–Kier alpha value is -2.80. The number of phenolic OH excluding ortho intramolecular Hbond substituents is 2. The third kappa shape index (κ3) is 3.94. The number of nitrogens with one attached hydrogen (secondary N) is 1. The third-order valence-corrected chi connectivity index (χ3v) is 3.43. The van der Waals surface area contributed by atoms with E-state index in [2.05, 4.69) is 10.3 Å². The van der Waals surface area contributed by atoms with Crippen LogP contribution in [0.4, 0.5) is 5.82 Å². The molecule has 0 aliphatic rings. The number of anilines is 1. The molecule has 1 aromatic carbocycles. The Bertz CT molecular complexity index is 777. The van der Waals surface area contributed by atoms with Crippen molar-refractivity contribution >= 4 is 29.3 Å². The van der Waals surface area contributed by atoms with Gasteiger partial charge in [-0.25, -0.2) is 9.78 Å². The number of aromatic hydroxyl groups is 2. The minimum absolute atomic E-state index is 0.234. The van der Waals surface area contributed by atoms with Gasteiger partial charge in [-0.05, 0) is 37.6 Å². The zero-order valence-electron chi connectivity index (χ0n) is 12.9. The molecule has 3 N–H and O–H groups in total. The summed E-state index contributed by atoms with van der Waals surface area (Å²) in [5.74, 6) is -2.29. The van der Waals surface area contributed by atoms with E-state index in [4.69, 9.17) is 16.3 Å². The van der Waals surface area contributed by atoms with Crippen molar-refractivity contribution in [2.75, 3.05) is 5.32 Å². The first-order valence-electron chi connectivity index (χ1n) is 6.94. The maximum Gasteiger partial charge on any atom is 0.342 e. The van der Waals surface area contributed by atoms with Crippen molar-refractivity contribution in [3.8, 4) is 11.5 Å². The molecule has 0 bridgehead atoms. The topological polar surface area (TPSA) is 109 Å². The minimum Gasteiger partial charge on any atom is -0.504 e. The Balaban J connectivity index is 2.04. The molecule has 1 atom stereocenters. The Kier molecular flexibility index (Phi) is 5.25. The number of benzene rings is 1. The molecule has 2 aromatic rings. The summed E-state index contributed by atoms with van der Waals surface area (Å²) < 4.78 is 4.99. The lowest BCUT2D eigenvalue weighted by Crippen LogP contribution is -2.30. The second-order valence-corrected chi connectivity index (χ2v) is 5.46. The number of hydrogen-bond acceptors (Lipinski definition) is 6. The lowest BCUT2D eigenvalue weighted by atomic mass is 10.1. The van der Waals surface area contributed by atoms with Gasteiger partial charge in [0.2, 0.25) is 0 Å². The van der Waals surface area contributed by atoms with E-state index in [-0.39, 0.29) is 11.4 Å². The second kappa shape index (κ2) is 7.18. The zero-order valence-corrected chi connectivity index (χ0v) is 13.7. The number of nitrogens with zero attached hydrogens (tertiary/aromatic N) is 1. The Labute approximate surface area is 142 Å². The first-order valence-corrected chi connectivity index (χ1v) is 7.32. The summed E-state index contributed by atoms with van der Waals surface area (Å²) >= 11 is 5.70. The first kappa shape index (κ1) is 17.6. The van der Waals surface area contributed by atoms with E-state index in [0.717, 1.165) is 0 Å². The van der Waals surface area contributed by atoms with E-state index in [1.54, 1.807) is 13.0 Å². The number of carbonyl (C=O) groups excluding carboxylic acids is 2. The van der Waals surface area contributed by atoms with Crippen molar-refractivity contribution < 1.29 is 24.5 Å². The van der Waals surface area contributed by atoms with E-state index in [9.17, 15) is 19.8 Å². The van der Waals surface area contributed by atoms with Crippen LogP contribution < -0.4 is 5.32 Å². The summed E-state index contributed by atoms with van der Waals surface area (Å²) in [6, 6.07) is 5.80. The fourth-order valence-electron chi connectivity index (χ4n) is 1.80. The predicted molar refractivity (Wildman–Crippen MR) is 87.3 cm³/mol. The van der Waals surface area contributed by atoms with Gasteiger partial charge in [0.05, 0.1) is 5.02 Å². The van der Waals surface area contributed by atoms with E-state index in [1.165, 1.54) is 31.3 Å². The predicted octanol–water partition coefficient (Wildman–Crippen LogP) is 2.64. The van der Waals surface area contributed by atoms with Gasteiger partial charge in [0.15, 0.2) is 17.6 Å². The van der Waals surface area contributed by atoms with Crippen molar-refractivity contribution in [3.05, 3.63) is 46.6 Å². The van der Waals surface area contributed by atoms with Gasteiger partial charge >= 0.3 is 5.97 Å². The summed E-state index contributed by atoms with van der Waals surface area (Å²) in [5, 5.41) is 22.3. The molecule has 7 nitrogen and oxygen atoms in total. The third-order valence-electron chi connectivity index (χ3n) is 3.20. The Morgan fingerprint density at radius 3 is 2.54 bits per heavy atom. The normalized spacial score (nSPS) is 11.6. The SMILES string of the molecule is Cc1ccc(C(=O)OC(C)C(=O)Nc2ccc(Cl)cn2)c(O)c1O. The van der Waals surface area contributed by atoms with Crippen LogP contribution in [0.3, 0.4) is 0 Å². The summed E-state index contributed by atoms with van der Waals surface area (Å²) in [7, 11) is 0. The van der Waals surface area contributed by atoms with Gasteiger partial charge in [-0.1, -0.05) is 17.7 Å². The van der Waals surface area contributed by atoms with E-state index in [0.29, 0.717) is 10.6 Å². The molecular weight excluding hydrogens is 336 g/mol. The van der Waals surface area contributed by atoms with Crippen LogP contribution in [0, 0.1) is 6.92 Å². The number of aryl methyl sites for hydroxylation is 1. The second-order valence-electron chi connectivity index (χ2n) is 5.03. The summed E-state index contributed by atoms with van der Waals surface area (Å²) in [6.45, 7) is 2.94. The van der Waals surface area contributed by atoms with Gasteiger partial charge in [0.1, 0.15) is 11.4 Å². The van der Waals surface area contributed by atoms with Crippen molar-refractivity contribution in [1.29, 1.82) is 0 Å². The van der Waals surface area contributed by atoms with Crippen LogP contribution in [0.25, 0.3) is 0 Å². The van der Waals surface area contributed by atoms with Crippen LogP contribution in [0.5, 0.6) is 11.5 Å². The monoisotopic (exact) mass is 350 g/mol. The number of halogens is 1. The number of phenols is 2. The molecule has 0 radical (unpaired) electrons. The van der Waals surface area contributed by atoms with E-state index in [1.807, 2.05) is 0 Å². The molecule has 0 aliphatic carbocycles. The van der Waals surface area contributed by atoms with E-state index < -0.39 is 29.5 Å². The van der Waals surface area contributed by atoms with Gasteiger partial charge in [0, 0.05) is 6.20 Å². The van der Waals surface area contributed by atoms with Gasteiger partial charge in [-0.3, -0.25) is 4.79 Å². The molecule has 1 aromatic heterocycles. The maximum atomic E-state index is 12.0. The van der Waals surface area contributed by atoms with Gasteiger partial charge < -0.3 is 20.3 Å². The number of esters is 1. The molecule has 0 fully saturated rings. The number of ether oxygens (including phenoxy) is 1. The molecule has 1 heterocycles. The van der Waals surface area contributed by atoms with E-state index >= 15 is 0 Å². The summed E-state index contributed by atoms with van der Waals surface area (Å²) in [6.07, 6.45) is 0.221. The fraction of sp³-hybridized carbons (Fsp3) is 0.188. The Morgan fingerprint density at radius 1 is 1.21 bits per heavy atom. The van der Waals surface area contributed by atoms with Crippen molar-refractivity contribution in [1.82, 2.24) is 4.98 Å². The number of rotatable bonds is 4. The van der Waals surface area contributed by atoms with Gasteiger partial charge in [-0.2, -0.15) is 0 Å². The van der Waals surface area contributed by atoms with Gasteiger partial charge in [-0.15, -0.1) is 0 Å². The number of carbonyl (C=O) groups is 2.